The molecule has 0 spiro atoms. The van der Waals surface area contributed by atoms with Gasteiger partial charge < -0.3 is 9.84 Å². The molecule has 1 atom stereocenters. The summed E-state index contributed by atoms with van der Waals surface area (Å²) in [6.07, 6.45) is 0.880. The van der Waals surface area contributed by atoms with Gasteiger partial charge in [0.2, 0.25) is 0 Å². The van der Waals surface area contributed by atoms with Crippen LogP contribution in [0.25, 0.3) is 0 Å². The number of carbonyl (C=O) groups is 2. The summed E-state index contributed by atoms with van der Waals surface area (Å²) in [6.45, 7) is 3.64. The Bertz CT molecular complexity index is 689. The van der Waals surface area contributed by atoms with Crippen molar-refractivity contribution in [2.75, 3.05) is 6.61 Å². The second kappa shape index (κ2) is 8.79. The van der Waals surface area contributed by atoms with Gasteiger partial charge in [-0.15, -0.1) is 0 Å². The maximum absolute atomic E-state index is 12.1. The molecule has 4 heteroatoms. The highest BCUT2D eigenvalue weighted by Crippen LogP contribution is 2.10. The average molecular weight is 324 g/mol. The van der Waals surface area contributed by atoms with Crippen molar-refractivity contribution >= 4 is 11.8 Å². The highest BCUT2D eigenvalue weighted by atomic mass is 16.5. The van der Waals surface area contributed by atoms with E-state index in [1.807, 2.05) is 30.3 Å². The first kappa shape index (κ1) is 17.6. The lowest BCUT2D eigenvalue weighted by Gasteiger charge is -2.10. The third-order valence-corrected chi connectivity index (χ3v) is 3.54. The van der Waals surface area contributed by atoms with Crippen molar-refractivity contribution in [2.24, 2.45) is 0 Å². The van der Waals surface area contributed by atoms with Crippen LogP contribution in [-0.2, 0) is 22.4 Å². The van der Waals surface area contributed by atoms with Crippen molar-refractivity contribution in [1.82, 2.24) is 0 Å². The number of aliphatic hydroxyl groups is 1. The summed E-state index contributed by atoms with van der Waals surface area (Å²) in [4.78, 5) is 23.8. The Kier molecular flexibility index (Phi) is 6.46. The summed E-state index contributed by atoms with van der Waals surface area (Å²) >= 11 is 0. The third-order valence-electron chi connectivity index (χ3n) is 3.54. The van der Waals surface area contributed by atoms with Crippen LogP contribution in [0, 0.1) is 0 Å². The number of aliphatic hydroxyl groups excluding tert-OH is 1. The molecule has 0 amide bonds. The molecule has 24 heavy (non-hydrogen) atoms. The van der Waals surface area contributed by atoms with Crippen LogP contribution >= 0.6 is 0 Å². The van der Waals surface area contributed by atoms with Gasteiger partial charge >= 0.3 is 5.97 Å². The lowest BCUT2D eigenvalue weighted by atomic mass is 9.99. The maximum atomic E-state index is 12.1. The number of benzene rings is 2. The van der Waals surface area contributed by atoms with E-state index < -0.39 is 12.1 Å². The quantitative estimate of drug-likeness (QED) is 0.599. The van der Waals surface area contributed by atoms with Crippen LogP contribution in [0.3, 0.4) is 0 Å². The number of hydrogen-bond acceptors (Lipinski definition) is 4. The van der Waals surface area contributed by atoms with Crippen LogP contribution in [0.2, 0.25) is 0 Å². The number of carbonyl (C=O) groups excluding carboxylic acids is 2. The molecule has 0 radical (unpaired) electrons. The minimum atomic E-state index is -1.04. The molecule has 2 rings (SSSR count). The fraction of sp³-hybridized carbons (Fsp3) is 0.200. The summed E-state index contributed by atoms with van der Waals surface area (Å²) in [5, 5.41) is 10.0. The molecule has 2 aromatic carbocycles. The van der Waals surface area contributed by atoms with E-state index in [0.717, 1.165) is 11.1 Å². The van der Waals surface area contributed by atoms with Gasteiger partial charge in [-0.2, -0.15) is 0 Å². The Hall–Kier alpha value is -2.72. The zero-order chi connectivity index (χ0) is 17.4. The third kappa shape index (κ3) is 5.18. The Morgan fingerprint density at radius 3 is 2.33 bits per heavy atom. The van der Waals surface area contributed by atoms with Crippen molar-refractivity contribution < 1.29 is 19.4 Å². The molecular formula is C20H20O4. The van der Waals surface area contributed by atoms with Gasteiger partial charge in [0.15, 0.2) is 5.78 Å². The molecule has 124 valence electrons. The van der Waals surface area contributed by atoms with Gasteiger partial charge in [-0.25, -0.2) is 4.79 Å². The average Bonchev–Trinajstić information content (AvgIpc) is 2.61. The molecule has 0 fully saturated rings. The number of Topliss-reactive ketones (excluding diaryl/α,β-unsaturated/α-hetero) is 1. The van der Waals surface area contributed by atoms with E-state index in [-0.39, 0.29) is 18.8 Å². The second-order valence-corrected chi connectivity index (χ2v) is 5.43. The topological polar surface area (TPSA) is 63.6 Å². The van der Waals surface area contributed by atoms with Crippen LogP contribution in [0.15, 0.2) is 67.3 Å². The summed E-state index contributed by atoms with van der Waals surface area (Å²) in [7, 11) is 0. The number of rotatable bonds is 8. The molecule has 4 nitrogen and oxygen atoms in total. The van der Waals surface area contributed by atoms with Gasteiger partial charge in [0, 0.05) is 12.8 Å². The molecular weight excluding hydrogens is 304 g/mol. The largest absolute Gasteiger partial charge is 0.458 e. The van der Waals surface area contributed by atoms with Gasteiger partial charge in [0.1, 0.15) is 12.7 Å². The molecule has 0 bridgehead atoms. The Morgan fingerprint density at radius 1 is 1.04 bits per heavy atom. The van der Waals surface area contributed by atoms with Crippen molar-refractivity contribution in [3.63, 3.8) is 0 Å². The Morgan fingerprint density at radius 2 is 1.71 bits per heavy atom. The summed E-state index contributed by atoms with van der Waals surface area (Å²) in [5.41, 5.74) is 2.07. The van der Waals surface area contributed by atoms with Crippen LogP contribution < -0.4 is 0 Å². The fourth-order valence-electron chi connectivity index (χ4n) is 2.25. The van der Waals surface area contributed by atoms with E-state index in [9.17, 15) is 14.7 Å². The first-order chi connectivity index (χ1) is 11.6. The first-order valence-corrected chi connectivity index (χ1v) is 7.72. The van der Waals surface area contributed by atoms with Gasteiger partial charge in [-0.05, 0) is 23.3 Å². The lowest BCUT2D eigenvalue weighted by molar-refractivity contribution is -0.126. The fourth-order valence-corrected chi connectivity index (χ4v) is 2.25. The molecule has 1 N–H and O–H groups in total. The molecule has 0 aliphatic rings. The van der Waals surface area contributed by atoms with E-state index in [1.165, 1.54) is 6.08 Å². The van der Waals surface area contributed by atoms with Gasteiger partial charge in [0.05, 0.1) is 5.56 Å². The standard InChI is InChI=1S/C20H20O4/c1-2-12-24-20(23)17-10-8-16(9-11-17)14-19(22)18(21)13-15-6-4-3-5-7-15/h2-11,18,21H,1,12-14H2/t18-/m1/s1. The minimum absolute atomic E-state index is 0.121. The Balaban J connectivity index is 1.91. The maximum Gasteiger partial charge on any atom is 0.338 e. The van der Waals surface area contributed by atoms with Crippen molar-refractivity contribution in [3.8, 4) is 0 Å². The van der Waals surface area contributed by atoms with E-state index in [2.05, 4.69) is 6.58 Å². The highest BCUT2D eigenvalue weighted by molar-refractivity contribution is 5.90. The van der Waals surface area contributed by atoms with Crippen molar-refractivity contribution in [2.45, 2.75) is 18.9 Å². The van der Waals surface area contributed by atoms with Crippen LogP contribution in [0.1, 0.15) is 21.5 Å². The highest BCUT2D eigenvalue weighted by Gasteiger charge is 2.16. The van der Waals surface area contributed by atoms with Crippen LogP contribution in [-0.4, -0.2) is 29.6 Å². The van der Waals surface area contributed by atoms with E-state index in [1.54, 1.807) is 24.3 Å². The zero-order valence-corrected chi connectivity index (χ0v) is 13.4. The first-order valence-electron chi connectivity index (χ1n) is 7.72. The second-order valence-electron chi connectivity index (χ2n) is 5.43. The SMILES string of the molecule is C=CCOC(=O)c1ccc(CC(=O)[C@H](O)Cc2ccccc2)cc1. The number of ketones is 1. The van der Waals surface area contributed by atoms with Crippen molar-refractivity contribution in [1.29, 1.82) is 0 Å². The normalized spacial score (nSPS) is 11.5. The zero-order valence-electron chi connectivity index (χ0n) is 13.4. The number of hydrogen-bond donors (Lipinski definition) is 1. The van der Waals surface area contributed by atoms with Crippen molar-refractivity contribution in [3.05, 3.63) is 83.9 Å². The van der Waals surface area contributed by atoms with Gasteiger partial charge in [-0.3, -0.25) is 4.79 Å². The lowest BCUT2D eigenvalue weighted by Crippen LogP contribution is -2.24. The summed E-state index contributed by atoms with van der Waals surface area (Å²) < 4.78 is 4.94. The molecule has 0 aliphatic carbocycles. The van der Waals surface area contributed by atoms with E-state index >= 15 is 0 Å². The van der Waals surface area contributed by atoms with Gasteiger partial charge in [-0.1, -0.05) is 55.1 Å². The number of esters is 1. The monoisotopic (exact) mass is 324 g/mol. The Labute approximate surface area is 141 Å². The molecule has 0 saturated heterocycles. The molecule has 0 heterocycles. The molecule has 0 aromatic heterocycles. The smallest absolute Gasteiger partial charge is 0.338 e. The summed E-state index contributed by atoms with van der Waals surface area (Å²) in [6, 6.07) is 16.0. The predicted octanol–water partition coefficient (Wildman–Crippen LogP) is 2.74. The van der Waals surface area contributed by atoms with Gasteiger partial charge in [0.25, 0.3) is 0 Å². The molecule has 0 saturated carbocycles. The van der Waals surface area contributed by atoms with Crippen LogP contribution in [0.5, 0.6) is 0 Å². The molecule has 0 unspecified atom stereocenters. The minimum Gasteiger partial charge on any atom is -0.458 e. The number of ether oxygens (including phenoxy) is 1. The predicted molar refractivity (Wildman–Crippen MR) is 91.8 cm³/mol. The van der Waals surface area contributed by atoms with E-state index in [0.29, 0.717) is 12.0 Å². The molecule has 2 aromatic rings. The summed E-state index contributed by atoms with van der Waals surface area (Å²) in [5.74, 6) is -0.683. The van der Waals surface area contributed by atoms with Crippen LogP contribution in [0.4, 0.5) is 0 Å². The van der Waals surface area contributed by atoms with E-state index in [4.69, 9.17) is 4.74 Å². The molecule has 0 aliphatic heterocycles.